The van der Waals surface area contributed by atoms with Crippen LogP contribution in [0.3, 0.4) is 0 Å². The van der Waals surface area contributed by atoms with Gasteiger partial charge < -0.3 is 9.30 Å². The van der Waals surface area contributed by atoms with Crippen molar-refractivity contribution >= 4 is 39.1 Å². The highest BCUT2D eigenvalue weighted by Gasteiger charge is 2.24. The zero-order chi connectivity index (χ0) is 23.1. The number of nitrogens with zero attached hydrogens (tertiary/aromatic N) is 3. The molecular weight excluding hydrogens is 454 g/mol. The van der Waals surface area contributed by atoms with Gasteiger partial charge in [0.05, 0.1) is 17.2 Å². The Kier molecular flexibility index (Phi) is 6.51. The summed E-state index contributed by atoms with van der Waals surface area (Å²) in [7, 11) is 0. The van der Waals surface area contributed by atoms with Crippen LogP contribution in [0, 0.1) is 13.8 Å². The highest BCUT2D eigenvalue weighted by atomic mass is 32.2. The van der Waals surface area contributed by atoms with Crippen LogP contribution in [0.2, 0.25) is 0 Å². The van der Waals surface area contributed by atoms with Crippen LogP contribution in [-0.4, -0.2) is 38.4 Å². The SMILES string of the molecule is CCn1c(SCC(=O)c2cc(C)n(CC3CCCO3)c2C)nc2sc3c(c2c1=O)CCCC3. The van der Waals surface area contributed by atoms with Crippen LogP contribution in [0.5, 0.6) is 0 Å². The number of carbonyl (C=O) groups excluding carboxylic acids is 1. The van der Waals surface area contributed by atoms with E-state index in [9.17, 15) is 9.59 Å². The van der Waals surface area contributed by atoms with Gasteiger partial charge in [0.15, 0.2) is 10.9 Å². The van der Waals surface area contributed by atoms with Gasteiger partial charge in [-0.05, 0) is 70.9 Å². The largest absolute Gasteiger partial charge is 0.376 e. The first-order valence-electron chi connectivity index (χ1n) is 12.0. The van der Waals surface area contributed by atoms with Gasteiger partial charge >= 0.3 is 0 Å². The molecule has 1 aliphatic heterocycles. The Bertz CT molecular complexity index is 1260. The van der Waals surface area contributed by atoms with Crippen LogP contribution in [0.15, 0.2) is 16.0 Å². The van der Waals surface area contributed by atoms with Crippen LogP contribution < -0.4 is 5.56 Å². The van der Waals surface area contributed by atoms with E-state index in [1.165, 1.54) is 28.6 Å². The molecule has 0 spiro atoms. The van der Waals surface area contributed by atoms with Crippen LogP contribution in [0.1, 0.15) is 64.8 Å². The Morgan fingerprint density at radius 3 is 2.82 bits per heavy atom. The van der Waals surface area contributed by atoms with Crippen molar-refractivity contribution in [3.63, 3.8) is 0 Å². The molecule has 1 aliphatic carbocycles. The predicted octanol–water partition coefficient (Wildman–Crippen LogP) is 4.93. The summed E-state index contributed by atoms with van der Waals surface area (Å²) in [4.78, 5) is 33.5. The fraction of sp³-hybridized carbons (Fsp3) is 0.560. The summed E-state index contributed by atoms with van der Waals surface area (Å²) in [6.45, 7) is 8.22. The lowest BCUT2D eigenvalue weighted by Gasteiger charge is -2.15. The van der Waals surface area contributed by atoms with Crippen LogP contribution in [-0.2, 0) is 30.7 Å². The third-order valence-corrected chi connectivity index (χ3v) is 9.13. The second kappa shape index (κ2) is 9.39. The molecule has 1 atom stereocenters. The third kappa shape index (κ3) is 4.21. The van der Waals surface area contributed by atoms with Crippen LogP contribution >= 0.6 is 23.1 Å². The summed E-state index contributed by atoms with van der Waals surface area (Å²) < 4.78 is 9.74. The Morgan fingerprint density at radius 1 is 1.24 bits per heavy atom. The molecule has 1 saturated heterocycles. The Balaban J connectivity index is 1.38. The molecule has 0 bridgehead atoms. The predicted molar refractivity (Wildman–Crippen MR) is 134 cm³/mol. The molecule has 3 aromatic heterocycles. The average Bonchev–Trinajstić information content (AvgIpc) is 3.52. The van der Waals surface area contributed by atoms with Crippen molar-refractivity contribution in [2.45, 2.75) is 83.6 Å². The van der Waals surface area contributed by atoms with Gasteiger partial charge in [0, 0.05) is 41.5 Å². The number of thioether (sulfide) groups is 1. The van der Waals surface area contributed by atoms with Crippen LogP contribution in [0.25, 0.3) is 10.2 Å². The third-order valence-electron chi connectivity index (χ3n) is 6.97. The smallest absolute Gasteiger partial charge is 0.263 e. The molecule has 0 saturated carbocycles. The number of ketones is 1. The molecule has 0 aromatic carbocycles. The first-order valence-corrected chi connectivity index (χ1v) is 13.8. The zero-order valence-corrected chi connectivity index (χ0v) is 21.2. The molecule has 33 heavy (non-hydrogen) atoms. The number of ether oxygens (including phenoxy) is 1. The van der Waals surface area contributed by atoms with Gasteiger partial charge in [0.25, 0.3) is 5.56 Å². The number of hydrogen-bond donors (Lipinski definition) is 0. The molecule has 0 amide bonds. The van der Waals surface area contributed by atoms with Crippen molar-refractivity contribution in [2.24, 2.45) is 0 Å². The second-order valence-corrected chi connectivity index (χ2v) is 11.1. The van der Waals surface area contributed by atoms with Gasteiger partial charge in [-0.1, -0.05) is 11.8 Å². The second-order valence-electron chi connectivity index (χ2n) is 9.08. The van der Waals surface area contributed by atoms with E-state index < -0.39 is 0 Å². The molecule has 1 fully saturated rings. The van der Waals surface area contributed by atoms with Crippen molar-refractivity contribution in [1.82, 2.24) is 14.1 Å². The maximum atomic E-state index is 13.3. The molecule has 3 aromatic rings. The normalized spacial score (nSPS) is 18.2. The Morgan fingerprint density at radius 2 is 2.06 bits per heavy atom. The lowest BCUT2D eigenvalue weighted by molar-refractivity contribution is 0.0957. The van der Waals surface area contributed by atoms with Gasteiger partial charge in [-0.3, -0.25) is 14.2 Å². The number of hydrogen-bond acceptors (Lipinski definition) is 6. The lowest BCUT2D eigenvalue weighted by Crippen LogP contribution is -2.23. The molecular formula is C25H31N3O3S2. The molecule has 8 heteroatoms. The van der Waals surface area contributed by atoms with Gasteiger partial charge in [-0.15, -0.1) is 11.3 Å². The van der Waals surface area contributed by atoms with Crippen molar-refractivity contribution in [1.29, 1.82) is 0 Å². The number of aromatic nitrogens is 3. The van der Waals surface area contributed by atoms with Crippen LogP contribution in [0.4, 0.5) is 0 Å². The molecule has 0 radical (unpaired) electrons. The average molecular weight is 486 g/mol. The van der Waals surface area contributed by atoms with Gasteiger partial charge in [0.2, 0.25) is 0 Å². The Hall–Kier alpha value is -1.90. The fourth-order valence-corrected chi connectivity index (χ4v) is 7.42. The van der Waals surface area contributed by atoms with Crippen molar-refractivity contribution in [2.75, 3.05) is 12.4 Å². The summed E-state index contributed by atoms with van der Waals surface area (Å²) in [6.07, 6.45) is 6.76. The summed E-state index contributed by atoms with van der Waals surface area (Å²) in [5, 5.41) is 1.46. The summed E-state index contributed by atoms with van der Waals surface area (Å²) in [6, 6.07) is 1.99. The molecule has 1 unspecified atom stereocenters. The number of fused-ring (bicyclic) bond motifs is 3. The summed E-state index contributed by atoms with van der Waals surface area (Å²) >= 11 is 3.04. The minimum atomic E-state index is 0.0478. The number of thiophene rings is 1. The monoisotopic (exact) mass is 485 g/mol. The maximum Gasteiger partial charge on any atom is 0.263 e. The first kappa shape index (κ1) is 22.9. The minimum absolute atomic E-state index is 0.0478. The van der Waals surface area contributed by atoms with E-state index in [-0.39, 0.29) is 23.2 Å². The van der Waals surface area contributed by atoms with E-state index in [1.54, 1.807) is 15.9 Å². The molecule has 6 nitrogen and oxygen atoms in total. The highest BCUT2D eigenvalue weighted by molar-refractivity contribution is 7.99. The zero-order valence-electron chi connectivity index (χ0n) is 19.6. The minimum Gasteiger partial charge on any atom is -0.376 e. The first-order chi connectivity index (χ1) is 16.0. The number of carbonyl (C=O) groups is 1. The van der Waals surface area contributed by atoms with E-state index in [2.05, 4.69) is 11.5 Å². The molecule has 0 N–H and O–H groups in total. The van der Waals surface area contributed by atoms with Gasteiger partial charge in [-0.25, -0.2) is 4.98 Å². The lowest BCUT2D eigenvalue weighted by atomic mass is 9.97. The van der Waals surface area contributed by atoms with E-state index in [4.69, 9.17) is 9.72 Å². The van der Waals surface area contributed by atoms with E-state index in [1.807, 2.05) is 19.9 Å². The van der Waals surface area contributed by atoms with E-state index in [0.717, 1.165) is 72.4 Å². The molecule has 4 heterocycles. The van der Waals surface area contributed by atoms with E-state index >= 15 is 0 Å². The van der Waals surface area contributed by atoms with Gasteiger partial charge in [0.1, 0.15) is 4.83 Å². The number of aryl methyl sites for hydroxylation is 3. The molecule has 2 aliphatic rings. The highest BCUT2D eigenvalue weighted by Crippen LogP contribution is 2.35. The number of rotatable bonds is 7. The number of Topliss-reactive ketones (excluding diaryl/α,β-unsaturated/α-hetero) is 1. The van der Waals surface area contributed by atoms with Crippen molar-refractivity contribution in [3.05, 3.63) is 43.8 Å². The Labute approximate surface area is 202 Å². The van der Waals surface area contributed by atoms with Crippen molar-refractivity contribution < 1.29 is 9.53 Å². The molecule has 176 valence electrons. The van der Waals surface area contributed by atoms with Crippen molar-refractivity contribution in [3.8, 4) is 0 Å². The maximum absolute atomic E-state index is 13.3. The fourth-order valence-electron chi connectivity index (χ4n) is 5.17. The van der Waals surface area contributed by atoms with Gasteiger partial charge in [-0.2, -0.15) is 0 Å². The quantitative estimate of drug-likeness (QED) is 0.270. The summed E-state index contributed by atoms with van der Waals surface area (Å²) in [5.41, 5.74) is 4.11. The standard InChI is InChI=1S/C25H31N3O3S2/c1-4-27-24(30)22-18-9-5-6-10-21(18)33-23(22)26-25(27)32-14-20(29)19-12-15(2)28(16(19)3)13-17-8-7-11-31-17/h12,17H,4-11,13-14H2,1-3H3. The van der Waals surface area contributed by atoms with E-state index in [0.29, 0.717) is 11.7 Å². The topological polar surface area (TPSA) is 66.1 Å². The molecule has 5 rings (SSSR count). The summed E-state index contributed by atoms with van der Waals surface area (Å²) in [5.74, 6) is 0.349.